The van der Waals surface area contributed by atoms with Crippen molar-refractivity contribution in [3.05, 3.63) is 30.2 Å². The third-order valence-corrected chi connectivity index (χ3v) is 8.06. The number of ether oxygens (including phenoxy) is 1. The van der Waals surface area contributed by atoms with Crippen molar-refractivity contribution < 1.29 is 17.9 Å². The minimum absolute atomic E-state index is 0.0956. The molecule has 3 heterocycles. The number of nitrogens with zero attached hydrogens (tertiary/aromatic N) is 4. The van der Waals surface area contributed by atoms with Gasteiger partial charge in [0.25, 0.3) is 0 Å². The molecular weight excluding hydrogens is 468 g/mol. The lowest BCUT2D eigenvalue weighted by Crippen LogP contribution is -2.41. The highest BCUT2D eigenvalue weighted by atomic mass is 32.2. The van der Waals surface area contributed by atoms with Crippen molar-refractivity contribution in [1.29, 1.82) is 5.26 Å². The summed E-state index contributed by atoms with van der Waals surface area (Å²) in [5.74, 6) is 0.133. The van der Waals surface area contributed by atoms with E-state index in [-0.39, 0.29) is 16.9 Å². The van der Waals surface area contributed by atoms with E-state index >= 15 is 0 Å². The summed E-state index contributed by atoms with van der Waals surface area (Å²) in [7, 11) is -3.83. The number of nitriles is 1. The minimum atomic E-state index is -3.83. The largest absolute Gasteiger partial charge is 0.444 e. The molecule has 0 spiro atoms. The van der Waals surface area contributed by atoms with Gasteiger partial charge >= 0.3 is 6.09 Å². The van der Waals surface area contributed by atoms with Gasteiger partial charge in [-0.1, -0.05) is 6.07 Å². The average Bonchev–Trinajstić information content (AvgIpc) is 3.46. The van der Waals surface area contributed by atoms with Crippen molar-refractivity contribution >= 4 is 38.1 Å². The van der Waals surface area contributed by atoms with E-state index in [1.165, 1.54) is 6.33 Å². The van der Waals surface area contributed by atoms with Gasteiger partial charge in [-0.15, -0.1) is 0 Å². The molecule has 0 radical (unpaired) electrons. The first-order valence-electron chi connectivity index (χ1n) is 11.7. The Morgan fingerprint density at radius 1 is 1.26 bits per heavy atom. The second kappa shape index (κ2) is 8.17. The van der Waals surface area contributed by atoms with Crippen molar-refractivity contribution in [2.45, 2.75) is 68.4 Å². The van der Waals surface area contributed by atoms with Crippen molar-refractivity contribution in [3.8, 4) is 6.07 Å². The highest BCUT2D eigenvalue weighted by Gasteiger charge is 2.46. The number of aromatic amines is 1. The van der Waals surface area contributed by atoms with Crippen LogP contribution in [-0.2, 0) is 14.8 Å². The van der Waals surface area contributed by atoms with Crippen LogP contribution in [0.15, 0.2) is 29.4 Å². The van der Waals surface area contributed by atoms with Crippen molar-refractivity contribution in [3.63, 3.8) is 0 Å². The van der Waals surface area contributed by atoms with Gasteiger partial charge in [0, 0.05) is 35.3 Å². The van der Waals surface area contributed by atoms with Gasteiger partial charge in [0.05, 0.1) is 16.7 Å². The number of hydrogen-bond acceptors (Lipinski definition) is 7. The molecule has 1 aliphatic heterocycles. The number of hydrogen-bond donors (Lipinski definition) is 2. The summed E-state index contributed by atoms with van der Waals surface area (Å²) in [4.78, 5) is 26.4. The van der Waals surface area contributed by atoms with Crippen LogP contribution in [-0.4, -0.2) is 58.6 Å². The van der Waals surface area contributed by atoms with Gasteiger partial charge in [-0.2, -0.15) is 9.98 Å². The lowest BCUT2D eigenvalue weighted by Gasteiger charge is -2.33. The number of H-pyrrole nitrogens is 1. The van der Waals surface area contributed by atoms with Gasteiger partial charge in [0.15, 0.2) is 0 Å². The molecule has 1 saturated carbocycles. The lowest BCUT2D eigenvalue weighted by atomic mass is 9.91. The number of piperidine rings is 1. The fraction of sp³-hybridized carbons (Fsp3) is 0.500. The summed E-state index contributed by atoms with van der Waals surface area (Å²) in [6.07, 6.45) is 3.72. The van der Waals surface area contributed by atoms with Gasteiger partial charge in [-0.25, -0.2) is 23.2 Å². The molecule has 1 saturated heterocycles. The van der Waals surface area contributed by atoms with Gasteiger partial charge in [-0.3, -0.25) is 0 Å². The maximum absolute atomic E-state index is 12.8. The molecule has 1 aromatic carbocycles. The Labute approximate surface area is 203 Å². The molecule has 0 unspecified atom stereocenters. The molecule has 184 valence electrons. The summed E-state index contributed by atoms with van der Waals surface area (Å²) in [5.41, 5.74) is 0.642. The second-order valence-electron chi connectivity index (χ2n) is 10.4. The number of aromatic nitrogens is 3. The Hall–Kier alpha value is -3.23. The predicted molar refractivity (Wildman–Crippen MR) is 129 cm³/mol. The van der Waals surface area contributed by atoms with Gasteiger partial charge in [0.2, 0.25) is 10.0 Å². The van der Waals surface area contributed by atoms with Crippen LogP contribution >= 0.6 is 0 Å². The van der Waals surface area contributed by atoms with E-state index in [9.17, 15) is 18.5 Å². The van der Waals surface area contributed by atoms with Gasteiger partial charge in [-0.05, 0) is 58.6 Å². The van der Waals surface area contributed by atoms with E-state index in [1.54, 1.807) is 23.1 Å². The first-order valence-corrected chi connectivity index (χ1v) is 13.2. The number of fused-ring (bicyclic) bond motifs is 3. The SMILES string of the molecule is CC(C)(C)OC(=O)N1CCC(c2ncnc3[nH]c4cc(S(=O)(=O)NC5(C#N)CC5)ccc4c23)CC1. The molecule has 2 aromatic heterocycles. The number of amides is 1. The minimum Gasteiger partial charge on any atom is -0.444 e. The van der Waals surface area contributed by atoms with Crippen LogP contribution in [0.5, 0.6) is 0 Å². The highest BCUT2D eigenvalue weighted by molar-refractivity contribution is 7.89. The molecule has 0 bridgehead atoms. The lowest BCUT2D eigenvalue weighted by molar-refractivity contribution is 0.0204. The molecule has 2 N–H and O–H groups in total. The Morgan fingerprint density at radius 2 is 1.97 bits per heavy atom. The van der Waals surface area contributed by atoms with Crippen LogP contribution in [0.4, 0.5) is 4.79 Å². The normalized spacial score (nSPS) is 18.5. The Morgan fingerprint density at radius 3 is 2.60 bits per heavy atom. The Kier molecular flexibility index (Phi) is 5.49. The number of nitrogens with one attached hydrogen (secondary N) is 2. The number of likely N-dealkylation sites (tertiary alicyclic amines) is 1. The van der Waals surface area contributed by atoms with E-state index < -0.39 is 21.2 Å². The molecule has 1 amide bonds. The van der Waals surface area contributed by atoms with Crippen LogP contribution in [0, 0.1) is 11.3 Å². The summed E-state index contributed by atoms with van der Waals surface area (Å²) < 4.78 is 33.7. The molecule has 11 heteroatoms. The number of rotatable bonds is 4. The fourth-order valence-electron chi connectivity index (χ4n) is 4.55. The molecular formula is C24H28N6O4S. The smallest absolute Gasteiger partial charge is 0.410 e. The monoisotopic (exact) mass is 496 g/mol. The average molecular weight is 497 g/mol. The first-order chi connectivity index (χ1) is 16.5. The van der Waals surface area contributed by atoms with Crippen LogP contribution in [0.25, 0.3) is 21.9 Å². The van der Waals surface area contributed by atoms with E-state index in [1.807, 2.05) is 20.8 Å². The van der Waals surface area contributed by atoms with Crippen molar-refractivity contribution in [1.82, 2.24) is 24.6 Å². The standard InChI is InChI=1S/C24H28N6O4S/c1-23(2,3)34-22(31)30-10-6-15(7-11-30)20-19-17-5-4-16(12-18(17)28-21(19)27-14-26-20)35(32,33)29-24(13-25)8-9-24/h4-5,12,14-15,29H,6-11H2,1-3H3,(H,26,27,28). The molecule has 3 aromatic rings. The quantitative estimate of drug-likeness (QED) is 0.562. The first kappa shape index (κ1) is 23.5. The maximum Gasteiger partial charge on any atom is 0.410 e. The Balaban J connectivity index is 1.42. The maximum atomic E-state index is 12.8. The zero-order chi connectivity index (χ0) is 25.0. The molecule has 5 rings (SSSR count). The number of carbonyl (C=O) groups excluding carboxylic acids is 1. The summed E-state index contributed by atoms with van der Waals surface area (Å²) in [5, 5.41) is 11.0. The van der Waals surface area contributed by atoms with E-state index in [0.29, 0.717) is 37.1 Å². The van der Waals surface area contributed by atoms with Crippen molar-refractivity contribution in [2.24, 2.45) is 0 Å². The molecule has 0 atom stereocenters. The van der Waals surface area contributed by atoms with Crippen LogP contribution in [0.2, 0.25) is 0 Å². The summed E-state index contributed by atoms with van der Waals surface area (Å²) in [6.45, 7) is 6.70. The molecule has 10 nitrogen and oxygen atoms in total. The van der Waals surface area contributed by atoms with E-state index in [0.717, 1.165) is 29.3 Å². The summed E-state index contributed by atoms with van der Waals surface area (Å²) in [6, 6.07) is 6.93. The van der Waals surface area contributed by atoms with Crippen LogP contribution < -0.4 is 4.72 Å². The Bertz CT molecular complexity index is 1450. The topological polar surface area (TPSA) is 141 Å². The number of carbonyl (C=O) groups is 1. The van der Waals surface area contributed by atoms with Crippen LogP contribution in [0.1, 0.15) is 58.1 Å². The highest BCUT2D eigenvalue weighted by Crippen LogP contribution is 2.38. The predicted octanol–water partition coefficient (Wildman–Crippen LogP) is 3.56. The third kappa shape index (κ3) is 4.56. The van der Waals surface area contributed by atoms with Crippen LogP contribution in [0.3, 0.4) is 0 Å². The number of benzene rings is 1. The van der Waals surface area contributed by atoms with E-state index in [4.69, 9.17) is 4.74 Å². The van der Waals surface area contributed by atoms with Crippen molar-refractivity contribution in [2.75, 3.05) is 13.1 Å². The molecule has 1 aliphatic carbocycles. The van der Waals surface area contributed by atoms with Gasteiger partial charge < -0.3 is 14.6 Å². The molecule has 2 fully saturated rings. The second-order valence-corrected chi connectivity index (χ2v) is 12.0. The molecule has 2 aliphatic rings. The third-order valence-electron chi connectivity index (χ3n) is 6.53. The van der Waals surface area contributed by atoms with Gasteiger partial charge in [0.1, 0.15) is 23.1 Å². The molecule has 35 heavy (non-hydrogen) atoms. The zero-order valence-electron chi connectivity index (χ0n) is 20.0. The number of sulfonamides is 1. The fourth-order valence-corrected chi connectivity index (χ4v) is 5.95. The van der Waals surface area contributed by atoms with E-state index in [2.05, 4.69) is 25.7 Å². The summed E-state index contributed by atoms with van der Waals surface area (Å²) >= 11 is 0. The zero-order valence-corrected chi connectivity index (χ0v) is 20.8.